The zero-order chi connectivity index (χ0) is 13.9. The van der Waals surface area contributed by atoms with Crippen molar-refractivity contribution in [2.45, 2.75) is 31.8 Å². The molecule has 1 aliphatic rings. The lowest BCUT2D eigenvalue weighted by Crippen LogP contribution is -2.27. The van der Waals surface area contributed by atoms with Gasteiger partial charge in [0.25, 0.3) is 0 Å². The van der Waals surface area contributed by atoms with Crippen molar-refractivity contribution >= 4 is 15.9 Å². The quantitative estimate of drug-likeness (QED) is 0.755. The molecule has 0 aliphatic carbocycles. The molecule has 1 saturated heterocycles. The van der Waals surface area contributed by atoms with Gasteiger partial charge in [0.15, 0.2) is 0 Å². The Kier molecular flexibility index (Phi) is 4.18. The van der Waals surface area contributed by atoms with Crippen molar-refractivity contribution in [1.82, 2.24) is 9.88 Å². The van der Waals surface area contributed by atoms with Crippen LogP contribution in [0, 0.1) is 0 Å². The van der Waals surface area contributed by atoms with Crippen LogP contribution in [0.25, 0.3) is 0 Å². The molecule has 0 N–H and O–H groups in total. The smallest absolute Gasteiger partial charge is 0.106 e. The lowest BCUT2D eigenvalue weighted by atomic mass is 10.0. The molecule has 0 saturated carbocycles. The lowest BCUT2D eigenvalue weighted by molar-refractivity contribution is 0.191. The van der Waals surface area contributed by atoms with Crippen LogP contribution < -0.4 is 0 Å². The van der Waals surface area contributed by atoms with Gasteiger partial charge in [-0.05, 0) is 59.9 Å². The highest BCUT2D eigenvalue weighted by Gasteiger charge is 2.31. The number of benzene rings is 1. The molecule has 2 heterocycles. The minimum Gasteiger partial charge on any atom is -0.288 e. The largest absolute Gasteiger partial charge is 0.288 e. The van der Waals surface area contributed by atoms with E-state index in [-0.39, 0.29) is 0 Å². The van der Waals surface area contributed by atoms with Crippen LogP contribution in [0.4, 0.5) is 0 Å². The fourth-order valence-corrected chi connectivity index (χ4v) is 3.46. The van der Waals surface area contributed by atoms with Gasteiger partial charge in [-0.25, -0.2) is 4.98 Å². The topological polar surface area (TPSA) is 16.1 Å². The molecule has 104 valence electrons. The molecule has 20 heavy (non-hydrogen) atoms. The van der Waals surface area contributed by atoms with Crippen LogP contribution in [-0.4, -0.2) is 16.4 Å². The molecular formula is C17H19BrN2. The number of rotatable bonds is 3. The summed E-state index contributed by atoms with van der Waals surface area (Å²) in [6.45, 7) is 3.44. The summed E-state index contributed by atoms with van der Waals surface area (Å²) in [5.41, 5.74) is 2.56. The van der Waals surface area contributed by atoms with E-state index < -0.39 is 0 Å². The molecular weight excluding hydrogens is 312 g/mol. The number of aromatic nitrogens is 1. The van der Waals surface area contributed by atoms with Gasteiger partial charge in [-0.15, -0.1) is 0 Å². The highest BCUT2D eigenvalue weighted by molar-refractivity contribution is 9.10. The van der Waals surface area contributed by atoms with E-state index in [2.05, 4.69) is 75.2 Å². The Hall–Kier alpha value is -1.19. The van der Waals surface area contributed by atoms with E-state index in [0.29, 0.717) is 12.1 Å². The van der Waals surface area contributed by atoms with Crippen molar-refractivity contribution in [3.63, 3.8) is 0 Å². The molecule has 2 aromatic rings. The third kappa shape index (κ3) is 2.79. The predicted molar refractivity (Wildman–Crippen MR) is 85.5 cm³/mol. The van der Waals surface area contributed by atoms with Crippen molar-refractivity contribution in [3.8, 4) is 0 Å². The maximum absolute atomic E-state index is 4.66. The normalized spacial score (nSPS) is 21.0. The maximum atomic E-state index is 4.66. The van der Waals surface area contributed by atoms with Gasteiger partial charge in [0.2, 0.25) is 0 Å². The van der Waals surface area contributed by atoms with Crippen LogP contribution in [0.2, 0.25) is 0 Å². The summed E-state index contributed by atoms with van der Waals surface area (Å²) in [5.74, 6) is 0. The molecule has 0 amide bonds. The Morgan fingerprint density at radius 2 is 1.95 bits per heavy atom. The maximum Gasteiger partial charge on any atom is 0.106 e. The van der Waals surface area contributed by atoms with Gasteiger partial charge in [0.05, 0.1) is 11.7 Å². The Labute approximate surface area is 129 Å². The predicted octanol–water partition coefficient (Wildman–Crippen LogP) is 4.74. The zero-order valence-corrected chi connectivity index (χ0v) is 13.3. The van der Waals surface area contributed by atoms with E-state index in [1.807, 2.05) is 6.07 Å². The summed E-state index contributed by atoms with van der Waals surface area (Å²) in [6.07, 6.45) is 2.44. The monoisotopic (exact) mass is 330 g/mol. The van der Waals surface area contributed by atoms with Crippen LogP contribution in [0.1, 0.15) is 43.1 Å². The average molecular weight is 331 g/mol. The van der Waals surface area contributed by atoms with E-state index in [0.717, 1.165) is 11.1 Å². The summed E-state index contributed by atoms with van der Waals surface area (Å²) in [6, 6.07) is 17.8. The molecule has 1 fully saturated rings. The van der Waals surface area contributed by atoms with Crippen molar-refractivity contribution in [2.24, 2.45) is 0 Å². The number of nitrogens with zero attached hydrogens (tertiary/aromatic N) is 2. The second-order valence-electron chi connectivity index (χ2n) is 5.37. The van der Waals surface area contributed by atoms with Crippen molar-refractivity contribution in [1.29, 1.82) is 0 Å². The van der Waals surface area contributed by atoms with E-state index >= 15 is 0 Å². The van der Waals surface area contributed by atoms with Crippen LogP contribution >= 0.6 is 15.9 Å². The lowest BCUT2D eigenvalue weighted by Gasteiger charge is -2.30. The third-order valence-electron chi connectivity index (χ3n) is 4.15. The van der Waals surface area contributed by atoms with Gasteiger partial charge in [-0.2, -0.15) is 0 Å². The molecule has 1 aromatic heterocycles. The summed E-state index contributed by atoms with van der Waals surface area (Å²) in [4.78, 5) is 7.23. The van der Waals surface area contributed by atoms with Crippen LogP contribution in [0.15, 0.2) is 53.1 Å². The highest BCUT2D eigenvalue weighted by atomic mass is 79.9. The van der Waals surface area contributed by atoms with Gasteiger partial charge in [-0.3, -0.25) is 4.90 Å². The second-order valence-corrected chi connectivity index (χ2v) is 6.18. The number of hydrogen-bond acceptors (Lipinski definition) is 2. The fraction of sp³-hybridized carbons (Fsp3) is 0.353. The van der Waals surface area contributed by atoms with E-state index in [1.54, 1.807) is 0 Å². The first-order valence-corrected chi connectivity index (χ1v) is 7.98. The molecule has 1 aromatic carbocycles. The summed E-state index contributed by atoms with van der Waals surface area (Å²) in [7, 11) is 0. The highest BCUT2D eigenvalue weighted by Crippen LogP contribution is 2.37. The van der Waals surface area contributed by atoms with Crippen LogP contribution in [0.3, 0.4) is 0 Å². The fourth-order valence-electron chi connectivity index (χ4n) is 3.10. The second kappa shape index (κ2) is 6.06. The van der Waals surface area contributed by atoms with Crippen molar-refractivity contribution in [2.75, 3.05) is 6.54 Å². The third-order valence-corrected chi connectivity index (χ3v) is 4.59. The van der Waals surface area contributed by atoms with Gasteiger partial charge in [0, 0.05) is 6.04 Å². The number of hydrogen-bond donors (Lipinski definition) is 0. The molecule has 3 heteroatoms. The van der Waals surface area contributed by atoms with Crippen molar-refractivity contribution < 1.29 is 0 Å². The molecule has 3 rings (SSSR count). The minimum atomic E-state index is 0.433. The van der Waals surface area contributed by atoms with E-state index in [9.17, 15) is 0 Å². The van der Waals surface area contributed by atoms with Crippen molar-refractivity contribution in [3.05, 3.63) is 64.4 Å². The first kappa shape index (κ1) is 13.8. The van der Waals surface area contributed by atoms with E-state index in [4.69, 9.17) is 0 Å². The van der Waals surface area contributed by atoms with E-state index in [1.165, 1.54) is 24.1 Å². The Balaban J connectivity index is 1.86. The molecule has 1 unspecified atom stereocenters. The van der Waals surface area contributed by atoms with Crippen LogP contribution in [-0.2, 0) is 0 Å². The minimum absolute atomic E-state index is 0.433. The average Bonchev–Trinajstić information content (AvgIpc) is 2.97. The number of pyridine rings is 1. The molecule has 0 radical (unpaired) electrons. The van der Waals surface area contributed by atoms with Gasteiger partial charge >= 0.3 is 0 Å². The summed E-state index contributed by atoms with van der Waals surface area (Å²) >= 11 is 3.48. The van der Waals surface area contributed by atoms with Gasteiger partial charge in [0.1, 0.15) is 4.60 Å². The molecule has 1 aliphatic heterocycles. The first-order valence-electron chi connectivity index (χ1n) is 7.19. The number of likely N-dealkylation sites (tertiary alicyclic amines) is 1. The van der Waals surface area contributed by atoms with Gasteiger partial charge < -0.3 is 0 Å². The van der Waals surface area contributed by atoms with Crippen LogP contribution in [0.5, 0.6) is 0 Å². The zero-order valence-electron chi connectivity index (χ0n) is 11.7. The first-order chi connectivity index (χ1) is 9.75. The Morgan fingerprint density at radius 1 is 1.15 bits per heavy atom. The molecule has 0 bridgehead atoms. The molecule has 2 atom stereocenters. The Bertz CT molecular complexity index is 570. The SMILES string of the molecule is C[C@H](c1ccccc1)N1CCCC1c1cccc(Br)n1. The summed E-state index contributed by atoms with van der Waals surface area (Å²) < 4.78 is 0.925. The standard InChI is InChI=1S/C17H19BrN2/c1-13(14-7-3-2-4-8-14)20-12-6-10-16(20)15-9-5-11-17(18)19-15/h2-5,7-9,11,13,16H,6,10,12H2,1H3/t13-,16?/m1/s1. The summed E-state index contributed by atoms with van der Waals surface area (Å²) in [5, 5.41) is 0. The Morgan fingerprint density at radius 3 is 2.70 bits per heavy atom. The molecule has 0 spiro atoms. The number of halogens is 1. The van der Waals surface area contributed by atoms with Gasteiger partial charge in [-0.1, -0.05) is 36.4 Å². The molecule has 2 nitrogen and oxygen atoms in total.